The Bertz CT molecular complexity index is 1360. The van der Waals surface area contributed by atoms with Crippen LogP contribution in [0, 0.1) is 0 Å². The van der Waals surface area contributed by atoms with Crippen molar-refractivity contribution in [3.8, 4) is 22.5 Å². The second-order valence-electron chi connectivity index (χ2n) is 9.86. The summed E-state index contributed by atoms with van der Waals surface area (Å²) in [7, 11) is 3.79. The molecule has 2 atom stereocenters. The van der Waals surface area contributed by atoms with Crippen LogP contribution in [0.15, 0.2) is 48.5 Å². The van der Waals surface area contributed by atoms with E-state index in [1.807, 2.05) is 73.8 Å². The Morgan fingerprint density at radius 3 is 2.62 bits per heavy atom. The van der Waals surface area contributed by atoms with Gasteiger partial charge in [-0.15, -0.1) is 10.2 Å². The molecule has 0 saturated carbocycles. The van der Waals surface area contributed by atoms with Gasteiger partial charge in [0.05, 0.1) is 5.69 Å². The van der Waals surface area contributed by atoms with E-state index in [4.69, 9.17) is 16.3 Å². The lowest BCUT2D eigenvalue weighted by Gasteiger charge is -2.25. The van der Waals surface area contributed by atoms with E-state index in [1.54, 1.807) is 11.8 Å². The van der Waals surface area contributed by atoms with Gasteiger partial charge in [0, 0.05) is 18.4 Å². The van der Waals surface area contributed by atoms with Crippen LogP contribution in [0.25, 0.3) is 22.5 Å². The number of aryl methyl sites for hydroxylation is 1. The Morgan fingerprint density at radius 1 is 1.15 bits per heavy atom. The number of hydrogen-bond acceptors (Lipinski definition) is 8. The Morgan fingerprint density at radius 2 is 1.95 bits per heavy atom. The molecule has 0 fully saturated rings. The van der Waals surface area contributed by atoms with Gasteiger partial charge >= 0.3 is 5.97 Å². The van der Waals surface area contributed by atoms with Crippen LogP contribution in [0.1, 0.15) is 49.4 Å². The zero-order chi connectivity index (χ0) is 28.5. The van der Waals surface area contributed by atoms with Gasteiger partial charge < -0.3 is 9.72 Å². The lowest BCUT2D eigenvalue weighted by Crippen LogP contribution is -2.38. The highest BCUT2D eigenvalue weighted by Crippen LogP contribution is 2.34. The van der Waals surface area contributed by atoms with E-state index in [9.17, 15) is 4.79 Å². The van der Waals surface area contributed by atoms with E-state index in [0.29, 0.717) is 29.5 Å². The minimum Gasteiger partial charge on any atom is -0.454 e. The number of benzene rings is 2. The van der Waals surface area contributed by atoms with Gasteiger partial charge in [-0.25, -0.2) is 4.98 Å². The number of esters is 1. The van der Waals surface area contributed by atoms with Crippen LogP contribution >= 0.6 is 23.4 Å². The first-order valence-electron chi connectivity index (χ1n) is 13.4. The van der Waals surface area contributed by atoms with Gasteiger partial charge in [0.2, 0.25) is 5.82 Å². The molecule has 0 spiro atoms. The molecule has 4 rings (SSSR count). The predicted molar refractivity (Wildman–Crippen MR) is 160 cm³/mol. The van der Waals surface area contributed by atoms with E-state index >= 15 is 0 Å². The summed E-state index contributed by atoms with van der Waals surface area (Å²) in [5.74, 6) is 1.84. The predicted octanol–water partition coefficient (Wildman–Crippen LogP) is 5.76. The number of nitrogens with zero attached hydrogens (tertiary/aromatic N) is 5. The second-order valence-corrected chi connectivity index (χ2v) is 11.2. The minimum atomic E-state index is -0.653. The molecule has 0 aliphatic carbocycles. The van der Waals surface area contributed by atoms with Crippen molar-refractivity contribution < 1.29 is 9.53 Å². The average molecular weight is 582 g/mol. The molecule has 9 nitrogen and oxygen atoms in total. The maximum atomic E-state index is 13.5. The molecule has 0 amide bonds. The zero-order valence-corrected chi connectivity index (χ0v) is 24.9. The maximum Gasteiger partial charge on any atom is 0.324 e. The maximum absolute atomic E-state index is 13.5. The van der Waals surface area contributed by atoms with Gasteiger partial charge in [0.1, 0.15) is 18.0 Å². The number of ether oxygens (including phenoxy) is 1. The number of carbonyl (C=O) groups excluding carboxylic acids is 1. The molecule has 0 aliphatic rings. The van der Waals surface area contributed by atoms with Gasteiger partial charge in [-0.2, -0.15) is 17.0 Å². The number of nitrogens with one attached hydrogen (secondary N) is 2. The molecule has 4 aromatic rings. The highest BCUT2D eigenvalue weighted by atomic mass is 35.5. The van der Waals surface area contributed by atoms with Crippen LogP contribution in [0.5, 0.6) is 0 Å². The molecule has 0 radical (unpaired) electrons. The molecule has 2 heterocycles. The van der Waals surface area contributed by atoms with E-state index in [1.165, 1.54) is 0 Å². The second kappa shape index (κ2) is 14.4. The fourth-order valence-electron chi connectivity index (χ4n) is 4.59. The molecule has 0 aliphatic heterocycles. The molecule has 2 aromatic heterocycles. The summed E-state index contributed by atoms with van der Waals surface area (Å²) in [6.45, 7) is 2.13. The summed E-state index contributed by atoms with van der Waals surface area (Å²) in [5.41, 5.74) is 4.38. The standard InChI is InChI=1S/C29H36ClN7O2S/c1-5-6-12-25-31-26(27(30)32-25)24(39-29(38)23(37(2)3)15-16-40-4)18-19-13-14-21(20-10-8-7-9-11-20)22(17-19)28-33-35-36-34-28/h7-11,13-14,17,23-24H,5-6,12,15-16,18H2,1-4H3,(H,31,32)(H,33,34,35,36)/t23-,24-/m0/s1. The van der Waals surface area contributed by atoms with Crippen molar-refractivity contribution in [2.24, 2.45) is 0 Å². The van der Waals surface area contributed by atoms with Crippen molar-refractivity contribution in [3.05, 3.63) is 70.8 Å². The largest absolute Gasteiger partial charge is 0.454 e. The van der Waals surface area contributed by atoms with Crippen molar-refractivity contribution in [2.45, 2.75) is 51.2 Å². The molecule has 2 N–H and O–H groups in total. The lowest BCUT2D eigenvalue weighted by molar-refractivity contribution is -0.155. The topological polar surface area (TPSA) is 113 Å². The van der Waals surface area contributed by atoms with Crippen molar-refractivity contribution in [1.29, 1.82) is 0 Å². The van der Waals surface area contributed by atoms with Crippen LogP contribution in [-0.2, 0) is 22.4 Å². The van der Waals surface area contributed by atoms with E-state index in [-0.39, 0.29) is 12.0 Å². The zero-order valence-electron chi connectivity index (χ0n) is 23.4. The summed E-state index contributed by atoms with van der Waals surface area (Å²) in [6.07, 6.45) is 5.26. The SMILES string of the molecule is CCCCc1nc(Cl)c([C@H](Cc2ccc(-c3ccccc3)c(-c3nn[nH]n3)c2)OC(=O)[C@H](CCSC)N(C)C)[nH]1. The molecule has 0 unspecified atom stereocenters. The van der Waals surface area contributed by atoms with Gasteiger partial charge in [-0.1, -0.05) is 67.4 Å². The number of thioether (sulfide) groups is 1. The highest BCUT2D eigenvalue weighted by Gasteiger charge is 2.29. The third kappa shape index (κ3) is 7.50. The van der Waals surface area contributed by atoms with Crippen molar-refractivity contribution in [2.75, 3.05) is 26.1 Å². The van der Waals surface area contributed by atoms with Crippen LogP contribution < -0.4 is 0 Å². The minimum absolute atomic E-state index is 0.288. The number of likely N-dealkylation sites (N-methyl/N-ethyl adjacent to an activating group) is 1. The molecular weight excluding hydrogens is 546 g/mol. The quantitative estimate of drug-likeness (QED) is 0.181. The van der Waals surface area contributed by atoms with Crippen LogP contribution in [0.4, 0.5) is 0 Å². The highest BCUT2D eigenvalue weighted by molar-refractivity contribution is 7.98. The molecule has 212 valence electrons. The number of aromatic nitrogens is 6. The molecule has 11 heteroatoms. The summed E-state index contributed by atoms with van der Waals surface area (Å²) >= 11 is 8.34. The van der Waals surface area contributed by atoms with E-state index in [2.05, 4.69) is 37.5 Å². The Balaban J connectivity index is 1.70. The molecule has 40 heavy (non-hydrogen) atoms. The summed E-state index contributed by atoms with van der Waals surface area (Å²) in [6, 6.07) is 15.8. The monoisotopic (exact) mass is 581 g/mol. The lowest BCUT2D eigenvalue weighted by atomic mass is 9.95. The number of halogens is 1. The van der Waals surface area contributed by atoms with Gasteiger partial charge in [0.15, 0.2) is 5.15 Å². The number of tetrazole rings is 1. The van der Waals surface area contributed by atoms with Crippen LogP contribution in [0.2, 0.25) is 5.15 Å². The average Bonchev–Trinajstić information content (AvgIpc) is 3.62. The number of aromatic amines is 2. The van der Waals surface area contributed by atoms with E-state index in [0.717, 1.165) is 53.1 Å². The number of unbranched alkanes of at least 4 members (excludes halogenated alkanes) is 1. The first kappa shape index (κ1) is 29.8. The number of H-pyrrole nitrogens is 2. The first-order valence-corrected chi connectivity index (χ1v) is 15.2. The Kier molecular flexibility index (Phi) is 10.7. The Labute approximate surface area is 244 Å². The van der Waals surface area contributed by atoms with Crippen LogP contribution in [0.3, 0.4) is 0 Å². The molecular formula is C29H36ClN7O2S. The van der Waals surface area contributed by atoms with E-state index < -0.39 is 6.10 Å². The van der Waals surface area contributed by atoms with Gasteiger partial charge in [-0.3, -0.25) is 9.69 Å². The smallest absolute Gasteiger partial charge is 0.324 e. The fraction of sp³-hybridized carbons (Fsp3) is 0.414. The summed E-state index contributed by atoms with van der Waals surface area (Å²) in [4.78, 5) is 23.3. The van der Waals surface area contributed by atoms with Crippen molar-refractivity contribution in [1.82, 2.24) is 35.5 Å². The Hall–Kier alpha value is -3.21. The molecule has 0 bridgehead atoms. The number of hydrogen-bond donors (Lipinski definition) is 2. The number of imidazole rings is 1. The summed E-state index contributed by atoms with van der Waals surface area (Å²) < 4.78 is 6.21. The third-order valence-corrected chi connectivity index (χ3v) is 7.68. The normalized spacial score (nSPS) is 12.9. The van der Waals surface area contributed by atoms with Gasteiger partial charge in [0.25, 0.3) is 0 Å². The number of carbonyl (C=O) groups is 1. The van der Waals surface area contributed by atoms with Gasteiger partial charge in [-0.05, 0) is 66.9 Å². The molecule has 0 saturated heterocycles. The third-order valence-electron chi connectivity index (χ3n) is 6.75. The fourth-order valence-corrected chi connectivity index (χ4v) is 5.32. The van der Waals surface area contributed by atoms with Crippen molar-refractivity contribution in [3.63, 3.8) is 0 Å². The van der Waals surface area contributed by atoms with Crippen molar-refractivity contribution >= 4 is 29.3 Å². The number of rotatable bonds is 14. The first-order chi connectivity index (χ1) is 19.4. The summed E-state index contributed by atoms with van der Waals surface area (Å²) in [5, 5.41) is 15.1. The van der Waals surface area contributed by atoms with Crippen LogP contribution in [-0.4, -0.2) is 73.6 Å². The molecule has 2 aromatic carbocycles.